The number of rotatable bonds is 2. The third-order valence-electron chi connectivity index (χ3n) is 5.01. The number of hydrogen-bond donors (Lipinski definition) is 2. The van der Waals surface area contributed by atoms with E-state index in [9.17, 15) is 9.59 Å². The molecule has 3 aliphatic rings. The first-order chi connectivity index (χ1) is 10.2. The van der Waals surface area contributed by atoms with Crippen molar-refractivity contribution in [1.29, 1.82) is 0 Å². The summed E-state index contributed by atoms with van der Waals surface area (Å²) in [5, 5.41) is 6.31. The smallest absolute Gasteiger partial charge is 0.252 e. The molecule has 2 fully saturated rings. The number of nitrogens with one attached hydrogen (secondary N) is 2. The van der Waals surface area contributed by atoms with E-state index in [2.05, 4.69) is 10.6 Å². The minimum Gasteiger partial charge on any atom is -0.345 e. The van der Waals surface area contributed by atoms with Gasteiger partial charge in [0, 0.05) is 31.7 Å². The van der Waals surface area contributed by atoms with Gasteiger partial charge in [0.05, 0.1) is 12.5 Å². The second-order valence-corrected chi connectivity index (χ2v) is 6.29. The van der Waals surface area contributed by atoms with E-state index in [-0.39, 0.29) is 17.9 Å². The Hall–Kier alpha value is -1.88. The second-order valence-electron chi connectivity index (χ2n) is 6.29. The van der Waals surface area contributed by atoms with Crippen molar-refractivity contribution in [3.8, 4) is 0 Å². The lowest BCUT2D eigenvalue weighted by atomic mass is 10.0. The summed E-state index contributed by atoms with van der Waals surface area (Å²) >= 11 is 0. The molecule has 0 spiro atoms. The van der Waals surface area contributed by atoms with Crippen LogP contribution < -0.4 is 10.6 Å². The summed E-state index contributed by atoms with van der Waals surface area (Å²) in [6.07, 6.45) is 0.371. The van der Waals surface area contributed by atoms with Gasteiger partial charge in [-0.25, -0.2) is 0 Å². The Balaban J connectivity index is 1.45. The fraction of sp³-hybridized carbons (Fsp3) is 0.500. The maximum Gasteiger partial charge on any atom is 0.252 e. The lowest BCUT2D eigenvalue weighted by Crippen LogP contribution is -2.34. The second kappa shape index (κ2) is 4.84. The lowest BCUT2D eigenvalue weighted by molar-refractivity contribution is -0.130. The molecule has 1 aromatic carbocycles. The van der Waals surface area contributed by atoms with Crippen molar-refractivity contribution in [2.24, 2.45) is 11.8 Å². The van der Waals surface area contributed by atoms with Gasteiger partial charge in [0.2, 0.25) is 5.91 Å². The summed E-state index contributed by atoms with van der Waals surface area (Å²) in [4.78, 5) is 26.4. The SMILES string of the molecule is O=C1N[C@@H](CC(=O)N2C[C@H]3CNC[C@H]3C2)c2ccccc21. The van der Waals surface area contributed by atoms with Crippen LogP contribution >= 0.6 is 0 Å². The van der Waals surface area contributed by atoms with Crippen molar-refractivity contribution in [2.45, 2.75) is 12.5 Å². The highest BCUT2D eigenvalue weighted by molar-refractivity contribution is 5.99. The number of hydrogen-bond acceptors (Lipinski definition) is 3. The molecule has 0 aliphatic carbocycles. The van der Waals surface area contributed by atoms with E-state index in [0.29, 0.717) is 23.8 Å². The predicted octanol–water partition coefficient (Wildman–Crippen LogP) is 0.539. The van der Waals surface area contributed by atoms with Gasteiger partial charge in [-0.3, -0.25) is 9.59 Å². The largest absolute Gasteiger partial charge is 0.345 e. The first kappa shape index (κ1) is 12.8. The molecule has 5 nitrogen and oxygen atoms in total. The van der Waals surface area contributed by atoms with Gasteiger partial charge in [-0.1, -0.05) is 18.2 Å². The molecule has 3 aliphatic heterocycles. The Labute approximate surface area is 123 Å². The molecule has 0 bridgehead atoms. The number of fused-ring (bicyclic) bond motifs is 2. The molecule has 2 amide bonds. The molecule has 0 unspecified atom stereocenters. The summed E-state index contributed by atoms with van der Waals surface area (Å²) in [5.41, 5.74) is 1.66. The zero-order valence-corrected chi connectivity index (χ0v) is 11.8. The standard InChI is InChI=1S/C16H19N3O2/c20-15(19-8-10-6-17-7-11(10)9-19)5-14-12-3-1-2-4-13(12)16(21)18-14/h1-4,10-11,14,17H,5-9H2,(H,18,21)/t10-,11+,14-/m0/s1. The Morgan fingerprint density at radius 2 is 1.90 bits per heavy atom. The molecule has 4 rings (SSSR count). The quantitative estimate of drug-likeness (QED) is 0.834. The number of carbonyl (C=O) groups is 2. The molecule has 3 heterocycles. The van der Waals surface area contributed by atoms with Crippen LogP contribution in [0.5, 0.6) is 0 Å². The molecule has 2 N–H and O–H groups in total. The van der Waals surface area contributed by atoms with Crippen LogP contribution in [-0.4, -0.2) is 42.9 Å². The molecular formula is C16H19N3O2. The fourth-order valence-corrected chi connectivity index (χ4v) is 3.85. The highest BCUT2D eigenvalue weighted by Crippen LogP contribution is 2.31. The van der Waals surface area contributed by atoms with Crippen molar-refractivity contribution in [3.05, 3.63) is 35.4 Å². The summed E-state index contributed by atoms with van der Waals surface area (Å²) < 4.78 is 0. The van der Waals surface area contributed by atoms with Crippen molar-refractivity contribution in [2.75, 3.05) is 26.2 Å². The van der Waals surface area contributed by atoms with Crippen LogP contribution in [-0.2, 0) is 4.79 Å². The average Bonchev–Trinajstić information content (AvgIpc) is 3.14. The fourth-order valence-electron chi connectivity index (χ4n) is 3.85. The van der Waals surface area contributed by atoms with Gasteiger partial charge in [0.1, 0.15) is 0 Å². The van der Waals surface area contributed by atoms with Crippen molar-refractivity contribution >= 4 is 11.8 Å². The summed E-state index contributed by atoms with van der Waals surface area (Å²) in [6, 6.07) is 7.37. The molecule has 0 saturated carbocycles. The van der Waals surface area contributed by atoms with Crippen LogP contribution in [0.3, 0.4) is 0 Å². The maximum absolute atomic E-state index is 12.5. The van der Waals surface area contributed by atoms with Crippen LogP contribution in [0.1, 0.15) is 28.4 Å². The zero-order chi connectivity index (χ0) is 14.4. The minimum atomic E-state index is -0.167. The molecule has 0 aromatic heterocycles. The van der Waals surface area contributed by atoms with Crippen LogP contribution in [0.25, 0.3) is 0 Å². The monoisotopic (exact) mass is 285 g/mol. The highest BCUT2D eigenvalue weighted by atomic mass is 16.2. The molecule has 110 valence electrons. The average molecular weight is 285 g/mol. The summed E-state index contributed by atoms with van der Waals surface area (Å²) in [7, 11) is 0. The topological polar surface area (TPSA) is 61.4 Å². The van der Waals surface area contributed by atoms with E-state index in [1.165, 1.54) is 0 Å². The molecular weight excluding hydrogens is 266 g/mol. The van der Waals surface area contributed by atoms with E-state index in [4.69, 9.17) is 0 Å². The van der Waals surface area contributed by atoms with Crippen LogP contribution in [0.4, 0.5) is 0 Å². The van der Waals surface area contributed by atoms with Gasteiger partial charge in [0.15, 0.2) is 0 Å². The molecule has 3 atom stereocenters. The Morgan fingerprint density at radius 3 is 2.67 bits per heavy atom. The van der Waals surface area contributed by atoms with Crippen molar-refractivity contribution < 1.29 is 9.59 Å². The van der Waals surface area contributed by atoms with Crippen molar-refractivity contribution in [1.82, 2.24) is 15.5 Å². The minimum absolute atomic E-state index is 0.0640. The Kier molecular flexibility index (Phi) is 2.96. The first-order valence-corrected chi connectivity index (χ1v) is 7.60. The van der Waals surface area contributed by atoms with Crippen LogP contribution in [0, 0.1) is 11.8 Å². The van der Waals surface area contributed by atoms with Gasteiger partial charge < -0.3 is 15.5 Å². The molecule has 2 saturated heterocycles. The van der Waals surface area contributed by atoms with Crippen molar-refractivity contribution in [3.63, 3.8) is 0 Å². The third kappa shape index (κ3) is 2.12. The highest BCUT2D eigenvalue weighted by Gasteiger charge is 2.39. The summed E-state index contributed by atoms with van der Waals surface area (Å²) in [5.74, 6) is 1.32. The number of carbonyl (C=O) groups excluding carboxylic acids is 2. The number of benzene rings is 1. The van der Waals surface area contributed by atoms with Gasteiger partial charge in [0.25, 0.3) is 5.91 Å². The van der Waals surface area contributed by atoms with Gasteiger partial charge in [-0.2, -0.15) is 0 Å². The normalized spacial score (nSPS) is 30.2. The third-order valence-corrected chi connectivity index (χ3v) is 5.01. The maximum atomic E-state index is 12.5. The van der Waals surface area contributed by atoms with Gasteiger partial charge in [-0.05, 0) is 23.5 Å². The van der Waals surface area contributed by atoms with E-state index in [1.54, 1.807) is 0 Å². The molecule has 1 aromatic rings. The van der Waals surface area contributed by atoms with Gasteiger partial charge >= 0.3 is 0 Å². The zero-order valence-electron chi connectivity index (χ0n) is 11.8. The van der Waals surface area contributed by atoms with Gasteiger partial charge in [-0.15, -0.1) is 0 Å². The molecule has 21 heavy (non-hydrogen) atoms. The van der Waals surface area contributed by atoms with E-state index in [0.717, 1.165) is 31.7 Å². The number of amides is 2. The first-order valence-electron chi connectivity index (χ1n) is 7.60. The Bertz CT molecular complexity index is 589. The molecule has 0 radical (unpaired) electrons. The number of likely N-dealkylation sites (tertiary alicyclic amines) is 1. The lowest BCUT2D eigenvalue weighted by Gasteiger charge is -2.20. The van der Waals surface area contributed by atoms with Crippen LogP contribution in [0.2, 0.25) is 0 Å². The number of nitrogens with zero attached hydrogens (tertiary/aromatic N) is 1. The van der Waals surface area contributed by atoms with E-state index >= 15 is 0 Å². The summed E-state index contributed by atoms with van der Waals surface area (Å²) in [6.45, 7) is 3.77. The van der Waals surface area contributed by atoms with E-state index < -0.39 is 0 Å². The molecule has 5 heteroatoms. The Morgan fingerprint density at radius 1 is 1.19 bits per heavy atom. The van der Waals surface area contributed by atoms with E-state index in [1.807, 2.05) is 29.2 Å². The predicted molar refractivity (Wildman–Crippen MR) is 77.7 cm³/mol. The van der Waals surface area contributed by atoms with Crippen LogP contribution in [0.15, 0.2) is 24.3 Å².